The Morgan fingerprint density at radius 3 is 2.33 bits per heavy atom. The van der Waals surface area contributed by atoms with Crippen LogP contribution < -0.4 is 4.74 Å². The molecule has 2 amide bonds. The van der Waals surface area contributed by atoms with Crippen molar-refractivity contribution in [1.82, 2.24) is 9.80 Å². The minimum atomic E-state index is -0.662. The zero-order chi connectivity index (χ0) is 26.1. The maximum Gasteiger partial charge on any atom is 0.410 e. The van der Waals surface area contributed by atoms with Crippen molar-refractivity contribution >= 4 is 17.6 Å². The standard InChI is InChI=1S/C29H35FN2O4/c1-6-31(7-2)26(33)20-12-13-21(24(30)18-20)23-19-29(35-25-11-9-8-10-22(23)25)14-16-32(17-15-29)27(34)36-28(3,4)5/h8-13,18-19H,6-7,14-17H2,1-5H3. The van der Waals surface area contributed by atoms with Crippen molar-refractivity contribution in [3.8, 4) is 5.75 Å². The summed E-state index contributed by atoms with van der Waals surface area (Å²) in [5, 5.41) is 0. The van der Waals surface area contributed by atoms with E-state index < -0.39 is 17.0 Å². The predicted octanol–water partition coefficient (Wildman–Crippen LogP) is 5.90. The summed E-state index contributed by atoms with van der Waals surface area (Å²) in [4.78, 5) is 28.7. The number of fused-ring (bicyclic) bond motifs is 1. The number of carbonyl (C=O) groups excluding carboxylic acids is 2. The number of piperidine rings is 1. The maximum absolute atomic E-state index is 15.5. The van der Waals surface area contributed by atoms with Crippen molar-refractivity contribution < 1.29 is 23.5 Å². The highest BCUT2D eigenvalue weighted by Crippen LogP contribution is 2.44. The summed E-state index contributed by atoms with van der Waals surface area (Å²) in [6.07, 6.45) is 2.78. The Kier molecular flexibility index (Phi) is 7.12. The van der Waals surface area contributed by atoms with E-state index in [9.17, 15) is 9.59 Å². The number of rotatable bonds is 4. The fourth-order valence-electron chi connectivity index (χ4n) is 4.79. The van der Waals surface area contributed by atoms with Crippen LogP contribution in [0.3, 0.4) is 0 Å². The summed E-state index contributed by atoms with van der Waals surface area (Å²) in [5.41, 5.74) is 1.08. The molecule has 2 aromatic carbocycles. The van der Waals surface area contributed by atoms with E-state index in [1.54, 1.807) is 21.9 Å². The first-order chi connectivity index (χ1) is 17.1. The molecular weight excluding hydrogens is 459 g/mol. The number of carbonyl (C=O) groups is 2. The molecule has 2 aliphatic rings. The molecule has 4 rings (SSSR count). The van der Waals surface area contributed by atoms with Gasteiger partial charge < -0.3 is 19.3 Å². The molecule has 192 valence electrons. The molecule has 0 aliphatic carbocycles. The van der Waals surface area contributed by atoms with Gasteiger partial charge in [-0.15, -0.1) is 0 Å². The fraction of sp³-hybridized carbons (Fsp3) is 0.448. The Hall–Kier alpha value is -3.35. The second-order valence-corrected chi connectivity index (χ2v) is 10.4. The zero-order valence-electron chi connectivity index (χ0n) is 21.8. The molecule has 6 nitrogen and oxygen atoms in total. The van der Waals surface area contributed by atoms with Crippen molar-refractivity contribution in [1.29, 1.82) is 0 Å². The van der Waals surface area contributed by atoms with Gasteiger partial charge in [0.25, 0.3) is 5.91 Å². The van der Waals surface area contributed by atoms with Crippen molar-refractivity contribution in [2.75, 3.05) is 26.2 Å². The molecule has 0 saturated carbocycles. The third-order valence-electron chi connectivity index (χ3n) is 6.72. The highest BCUT2D eigenvalue weighted by Gasteiger charge is 2.41. The van der Waals surface area contributed by atoms with E-state index in [4.69, 9.17) is 9.47 Å². The molecule has 0 unspecified atom stereocenters. The van der Waals surface area contributed by atoms with Crippen molar-refractivity contribution in [2.45, 2.75) is 58.7 Å². The van der Waals surface area contributed by atoms with Gasteiger partial charge >= 0.3 is 6.09 Å². The molecule has 2 heterocycles. The van der Waals surface area contributed by atoms with Crippen LogP contribution in [0.15, 0.2) is 48.5 Å². The van der Waals surface area contributed by atoms with Crippen LogP contribution in [-0.2, 0) is 4.74 Å². The van der Waals surface area contributed by atoms with E-state index in [-0.39, 0.29) is 12.0 Å². The summed E-state index contributed by atoms with van der Waals surface area (Å²) in [7, 11) is 0. The van der Waals surface area contributed by atoms with Crippen molar-refractivity contribution in [3.63, 3.8) is 0 Å². The van der Waals surface area contributed by atoms with E-state index in [1.807, 2.05) is 65.0 Å². The van der Waals surface area contributed by atoms with Gasteiger partial charge in [0, 0.05) is 55.7 Å². The molecule has 0 bridgehead atoms. The van der Waals surface area contributed by atoms with Crippen LogP contribution in [0.25, 0.3) is 5.57 Å². The van der Waals surface area contributed by atoms with Gasteiger partial charge in [0.05, 0.1) is 0 Å². The van der Waals surface area contributed by atoms with Crippen LogP contribution >= 0.6 is 0 Å². The largest absolute Gasteiger partial charge is 0.482 e. The van der Waals surface area contributed by atoms with Crippen LogP contribution in [0.1, 0.15) is 68.9 Å². The van der Waals surface area contributed by atoms with Gasteiger partial charge in [0.1, 0.15) is 22.8 Å². The molecule has 0 aromatic heterocycles. The Balaban J connectivity index is 1.64. The second-order valence-electron chi connectivity index (χ2n) is 10.4. The quantitative estimate of drug-likeness (QED) is 0.531. The van der Waals surface area contributed by atoms with E-state index in [1.165, 1.54) is 6.07 Å². The lowest BCUT2D eigenvalue weighted by Gasteiger charge is -2.43. The van der Waals surface area contributed by atoms with Gasteiger partial charge in [-0.05, 0) is 64.5 Å². The number of benzene rings is 2. The number of amides is 2. The fourth-order valence-corrected chi connectivity index (χ4v) is 4.79. The average molecular weight is 495 g/mol. The number of hydrogen-bond donors (Lipinski definition) is 0. The third kappa shape index (κ3) is 5.25. The molecule has 0 radical (unpaired) electrons. The Labute approximate surface area is 212 Å². The van der Waals surface area contributed by atoms with E-state index in [0.29, 0.717) is 55.9 Å². The molecule has 1 spiro atoms. The minimum Gasteiger partial charge on any atom is -0.482 e. The van der Waals surface area contributed by atoms with Crippen LogP contribution in [0.2, 0.25) is 0 Å². The highest BCUT2D eigenvalue weighted by atomic mass is 19.1. The molecule has 36 heavy (non-hydrogen) atoms. The van der Waals surface area contributed by atoms with Gasteiger partial charge in [0.2, 0.25) is 0 Å². The van der Waals surface area contributed by atoms with E-state index >= 15 is 4.39 Å². The van der Waals surface area contributed by atoms with E-state index in [2.05, 4.69) is 0 Å². The SMILES string of the molecule is CCN(CC)C(=O)c1ccc(C2=CC3(CCN(C(=O)OC(C)(C)C)CC3)Oc3ccccc32)c(F)c1. The van der Waals surface area contributed by atoms with Crippen LogP contribution in [0, 0.1) is 5.82 Å². The summed E-state index contributed by atoms with van der Waals surface area (Å²) in [5.74, 6) is 0.0542. The highest BCUT2D eigenvalue weighted by molar-refractivity contribution is 5.95. The first kappa shape index (κ1) is 25.7. The lowest BCUT2D eigenvalue weighted by Crippen LogP contribution is -2.50. The first-order valence-electron chi connectivity index (χ1n) is 12.6. The van der Waals surface area contributed by atoms with Gasteiger partial charge in [-0.3, -0.25) is 4.79 Å². The predicted molar refractivity (Wildman–Crippen MR) is 138 cm³/mol. The monoisotopic (exact) mass is 494 g/mol. The smallest absolute Gasteiger partial charge is 0.410 e. The van der Waals surface area contributed by atoms with Gasteiger partial charge in [-0.1, -0.05) is 24.3 Å². The minimum absolute atomic E-state index is 0.183. The molecule has 0 atom stereocenters. The summed E-state index contributed by atoms with van der Waals surface area (Å²) >= 11 is 0. The Bertz CT molecular complexity index is 1170. The average Bonchev–Trinajstić information content (AvgIpc) is 2.83. The third-order valence-corrected chi connectivity index (χ3v) is 6.72. The topological polar surface area (TPSA) is 59.1 Å². The maximum atomic E-state index is 15.5. The number of hydrogen-bond acceptors (Lipinski definition) is 4. The number of ether oxygens (including phenoxy) is 2. The summed E-state index contributed by atoms with van der Waals surface area (Å²) in [6.45, 7) is 11.4. The first-order valence-corrected chi connectivity index (χ1v) is 12.6. The van der Waals surface area contributed by atoms with E-state index in [0.717, 1.165) is 11.1 Å². The number of nitrogens with zero attached hydrogens (tertiary/aromatic N) is 2. The lowest BCUT2D eigenvalue weighted by atomic mass is 9.82. The molecule has 2 aliphatic heterocycles. The molecular formula is C29H35FN2O4. The van der Waals surface area contributed by atoms with Crippen molar-refractivity contribution in [2.24, 2.45) is 0 Å². The normalized spacial score (nSPS) is 16.6. The molecule has 1 fully saturated rings. The zero-order valence-corrected chi connectivity index (χ0v) is 21.8. The van der Waals surface area contributed by atoms with Crippen LogP contribution in [0.4, 0.5) is 9.18 Å². The number of halogens is 1. The second kappa shape index (κ2) is 9.96. The molecule has 1 saturated heterocycles. The lowest BCUT2D eigenvalue weighted by molar-refractivity contribution is -0.00117. The molecule has 2 aromatic rings. The summed E-state index contributed by atoms with van der Waals surface area (Å²) in [6, 6.07) is 12.3. The van der Waals surface area contributed by atoms with Gasteiger partial charge in [-0.2, -0.15) is 0 Å². The Morgan fingerprint density at radius 2 is 1.72 bits per heavy atom. The van der Waals surface area contributed by atoms with Gasteiger partial charge in [-0.25, -0.2) is 9.18 Å². The summed E-state index contributed by atoms with van der Waals surface area (Å²) < 4.78 is 27.5. The van der Waals surface area contributed by atoms with Crippen molar-refractivity contribution in [3.05, 3.63) is 71.0 Å². The number of para-hydroxylation sites is 1. The van der Waals surface area contributed by atoms with Gasteiger partial charge in [0.15, 0.2) is 0 Å². The molecule has 0 N–H and O–H groups in total. The van der Waals surface area contributed by atoms with Crippen LogP contribution in [-0.4, -0.2) is 59.2 Å². The van der Waals surface area contributed by atoms with Crippen LogP contribution in [0.5, 0.6) is 5.75 Å². The molecule has 7 heteroatoms. The Morgan fingerprint density at radius 1 is 1.06 bits per heavy atom. The number of likely N-dealkylation sites (tertiary alicyclic amines) is 1.